The molecule has 0 aromatic heterocycles. The van der Waals surface area contributed by atoms with Gasteiger partial charge in [0.25, 0.3) is 0 Å². The fourth-order valence-electron chi connectivity index (χ4n) is 3.18. The van der Waals surface area contributed by atoms with E-state index in [1.54, 1.807) is 7.11 Å². The normalized spacial score (nSPS) is 22.0. The number of hydrogen-bond donors (Lipinski definition) is 2. The Balaban J connectivity index is 1.73. The number of hydrogen-bond acceptors (Lipinski definition) is 4. The van der Waals surface area contributed by atoms with Crippen LogP contribution in [0.4, 0.5) is 0 Å². The molecule has 3 nitrogen and oxygen atoms in total. The Bertz CT molecular complexity index is 638. The van der Waals surface area contributed by atoms with Crippen LogP contribution in [0.1, 0.15) is 30.1 Å². The van der Waals surface area contributed by atoms with E-state index < -0.39 is 0 Å². The molecule has 3 rings (SSSR count). The number of allylic oxidation sites excluding steroid dienone is 4. The van der Waals surface area contributed by atoms with Crippen molar-refractivity contribution in [3.8, 4) is 0 Å². The molecule has 130 valence electrons. The minimum atomic E-state index is 0.261. The highest BCUT2D eigenvalue weighted by Gasteiger charge is 2.22. The van der Waals surface area contributed by atoms with Crippen molar-refractivity contribution in [1.82, 2.24) is 10.6 Å². The van der Waals surface area contributed by atoms with Crippen LogP contribution in [-0.2, 0) is 4.74 Å². The van der Waals surface area contributed by atoms with Crippen LogP contribution < -0.4 is 10.6 Å². The fraction of sp³-hybridized carbons (Fsp3) is 0.474. The molecule has 1 heterocycles. The molecule has 24 heavy (non-hydrogen) atoms. The Hall–Kier alpha value is -0.750. The van der Waals surface area contributed by atoms with E-state index in [1.807, 2.05) is 11.8 Å². The summed E-state index contributed by atoms with van der Waals surface area (Å²) >= 11 is 5.56. The first-order chi connectivity index (χ1) is 11.7. The van der Waals surface area contributed by atoms with E-state index in [1.165, 1.54) is 26.9 Å². The molecule has 1 unspecified atom stereocenters. The molecule has 0 amide bonds. The van der Waals surface area contributed by atoms with Crippen molar-refractivity contribution in [3.63, 3.8) is 0 Å². The van der Waals surface area contributed by atoms with E-state index in [2.05, 4.69) is 63.8 Å². The molecular weight excluding hydrogens is 384 g/mol. The number of aryl methyl sites for hydroxylation is 1. The number of rotatable bonds is 5. The molecule has 1 aliphatic carbocycles. The van der Waals surface area contributed by atoms with Gasteiger partial charge in [-0.2, -0.15) is 0 Å². The maximum atomic E-state index is 5.56. The maximum absolute atomic E-state index is 5.56. The van der Waals surface area contributed by atoms with E-state index in [-0.39, 0.29) is 6.17 Å². The smallest absolute Gasteiger partial charge is 0.0998 e. The third kappa shape index (κ3) is 4.45. The molecule has 0 radical (unpaired) electrons. The average Bonchev–Trinajstić information content (AvgIpc) is 2.61. The van der Waals surface area contributed by atoms with Crippen LogP contribution in [0.5, 0.6) is 0 Å². The van der Waals surface area contributed by atoms with Crippen LogP contribution in [0.25, 0.3) is 0 Å². The largest absolute Gasteiger partial charge is 0.501 e. The summed E-state index contributed by atoms with van der Waals surface area (Å²) in [5.41, 5.74) is 2.68. The van der Waals surface area contributed by atoms with E-state index >= 15 is 0 Å². The minimum Gasteiger partial charge on any atom is -0.501 e. The SMILES string of the molecule is COC1=CC=C(Br)CC1CSc1ccc(C)cc1C1NCCCN1. The van der Waals surface area contributed by atoms with Gasteiger partial charge in [0.2, 0.25) is 0 Å². The van der Waals surface area contributed by atoms with Gasteiger partial charge < -0.3 is 4.74 Å². The van der Waals surface area contributed by atoms with Crippen molar-refractivity contribution in [2.24, 2.45) is 5.92 Å². The summed E-state index contributed by atoms with van der Waals surface area (Å²) in [6.45, 7) is 4.31. The quantitative estimate of drug-likeness (QED) is 0.702. The number of halogens is 1. The Kier molecular flexibility index (Phi) is 6.44. The second-order valence-electron chi connectivity index (χ2n) is 6.33. The highest BCUT2D eigenvalue weighted by molar-refractivity contribution is 9.11. The highest BCUT2D eigenvalue weighted by Crippen LogP contribution is 2.36. The zero-order valence-electron chi connectivity index (χ0n) is 14.3. The van der Waals surface area contributed by atoms with E-state index in [0.29, 0.717) is 5.92 Å². The molecule has 1 aromatic carbocycles. The molecule has 1 aromatic rings. The first-order valence-electron chi connectivity index (χ1n) is 8.47. The zero-order chi connectivity index (χ0) is 16.9. The summed E-state index contributed by atoms with van der Waals surface area (Å²) in [7, 11) is 1.77. The zero-order valence-corrected chi connectivity index (χ0v) is 16.7. The topological polar surface area (TPSA) is 33.3 Å². The molecule has 1 fully saturated rings. The van der Waals surface area contributed by atoms with Crippen molar-refractivity contribution in [2.75, 3.05) is 26.0 Å². The summed E-state index contributed by atoms with van der Waals surface area (Å²) in [5.74, 6) is 2.51. The third-order valence-corrected chi connectivity index (χ3v) is 6.31. The predicted molar refractivity (Wildman–Crippen MR) is 105 cm³/mol. The molecule has 1 atom stereocenters. The minimum absolute atomic E-state index is 0.261. The molecule has 0 spiro atoms. The first kappa shape index (κ1) is 18.1. The van der Waals surface area contributed by atoms with Crippen molar-refractivity contribution in [3.05, 3.63) is 51.7 Å². The van der Waals surface area contributed by atoms with Crippen molar-refractivity contribution < 1.29 is 4.74 Å². The maximum Gasteiger partial charge on any atom is 0.0998 e. The summed E-state index contributed by atoms with van der Waals surface area (Å²) in [5, 5.41) is 7.18. The average molecular weight is 409 g/mol. The van der Waals surface area contributed by atoms with Gasteiger partial charge in [0, 0.05) is 16.6 Å². The molecule has 2 aliphatic rings. The van der Waals surface area contributed by atoms with Crippen molar-refractivity contribution >= 4 is 27.7 Å². The fourth-order valence-corrected chi connectivity index (χ4v) is 4.87. The molecule has 1 aliphatic heterocycles. The number of benzene rings is 1. The van der Waals surface area contributed by atoms with Crippen LogP contribution in [0.3, 0.4) is 0 Å². The van der Waals surface area contributed by atoms with Gasteiger partial charge in [-0.1, -0.05) is 33.6 Å². The standard InChI is InChI=1S/C19H25BrN2OS/c1-13-4-7-18(16(10-13)19-21-8-3-9-22-19)24-12-14-11-15(20)5-6-17(14)23-2/h4-7,10,14,19,21-22H,3,8-9,11-12H2,1-2H3. The van der Waals surface area contributed by atoms with Gasteiger partial charge >= 0.3 is 0 Å². The third-order valence-electron chi connectivity index (χ3n) is 4.47. The summed E-state index contributed by atoms with van der Waals surface area (Å²) < 4.78 is 6.81. The van der Waals surface area contributed by atoms with Gasteiger partial charge in [-0.05, 0) is 61.1 Å². The Labute approximate surface area is 157 Å². The van der Waals surface area contributed by atoms with Gasteiger partial charge in [-0.25, -0.2) is 0 Å². The lowest BCUT2D eigenvalue weighted by Crippen LogP contribution is -2.41. The van der Waals surface area contributed by atoms with Gasteiger partial charge in [0.05, 0.1) is 19.0 Å². The van der Waals surface area contributed by atoms with Gasteiger partial charge in [-0.15, -0.1) is 11.8 Å². The van der Waals surface area contributed by atoms with Crippen LogP contribution in [0, 0.1) is 12.8 Å². The van der Waals surface area contributed by atoms with E-state index in [9.17, 15) is 0 Å². The lowest BCUT2D eigenvalue weighted by Gasteiger charge is -2.28. The number of ether oxygens (including phenoxy) is 1. The number of methoxy groups -OCH3 is 1. The van der Waals surface area contributed by atoms with E-state index in [4.69, 9.17) is 4.74 Å². The van der Waals surface area contributed by atoms with Gasteiger partial charge in [0.15, 0.2) is 0 Å². The van der Waals surface area contributed by atoms with Gasteiger partial charge in [0.1, 0.15) is 0 Å². The number of thioether (sulfide) groups is 1. The lowest BCUT2D eigenvalue weighted by atomic mass is 10.0. The van der Waals surface area contributed by atoms with Crippen LogP contribution in [0.2, 0.25) is 0 Å². The molecule has 5 heteroatoms. The second kappa shape index (κ2) is 8.56. The van der Waals surface area contributed by atoms with Crippen LogP contribution in [-0.4, -0.2) is 26.0 Å². The molecular formula is C19H25BrN2OS. The van der Waals surface area contributed by atoms with E-state index in [0.717, 1.165) is 31.0 Å². The second-order valence-corrected chi connectivity index (χ2v) is 8.42. The summed E-state index contributed by atoms with van der Waals surface area (Å²) in [6, 6.07) is 6.78. The predicted octanol–water partition coefficient (Wildman–Crippen LogP) is 4.50. The Morgan fingerprint density at radius 3 is 2.79 bits per heavy atom. The Morgan fingerprint density at radius 2 is 2.04 bits per heavy atom. The van der Waals surface area contributed by atoms with Crippen molar-refractivity contribution in [1.29, 1.82) is 0 Å². The molecule has 0 saturated carbocycles. The van der Waals surface area contributed by atoms with Crippen molar-refractivity contribution in [2.45, 2.75) is 30.8 Å². The first-order valence-corrected chi connectivity index (χ1v) is 10.3. The Morgan fingerprint density at radius 1 is 1.25 bits per heavy atom. The lowest BCUT2D eigenvalue weighted by molar-refractivity contribution is 0.247. The molecule has 0 bridgehead atoms. The van der Waals surface area contributed by atoms with Gasteiger partial charge in [-0.3, -0.25) is 10.6 Å². The monoisotopic (exact) mass is 408 g/mol. The molecule has 2 N–H and O–H groups in total. The summed E-state index contributed by atoms with van der Waals surface area (Å²) in [6.07, 6.45) is 6.63. The number of nitrogens with one attached hydrogen (secondary N) is 2. The summed E-state index contributed by atoms with van der Waals surface area (Å²) in [4.78, 5) is 1.36. The van der Waals surface area contributed by atoms with Crippen LogP contribution in [0.15, 0.2) is 45.5 Å². The molecule has 1 saturated heterocycles. The van der Waals surface area contributed by atoms with Crippen LogP contribution >= 0.6 is 27.7 Å². The highest BCUT2D eigenvalue weighted by atomic mass is 79.9.